The summed E-state index contributed by atoms with van der Waals surface area (Å²) >= 11 is 3.34. The van der Waals surface area contributed by atoms with Crippen LogP contribution in [0.1, 0.15) is 22.3 Å². The lowest BCUT2D eigenvalue weighted by molar-refractivity contribution is -0.122. The monoisotopic (exact) mass is 524 g/mol. The summed E-state index contributed by atoms with van der Waals surface area (Å²) < 4.78 is 19.8. The van der Waals surface area contributed by atoms with Crippen molar-refractivity contribution in [2.75, 3.05) is 18.6 Å². The highest BCUT2D eigenvalue weighted by molar-refractivity contribution is 9.10. The lowest BCUT2D eigenvalue weighted by Crippen LogP contribution is -2.46. The predicted octanol–water partition coefficient (Wildman–Crippen LogP) is 4.61. The quantitative estimate of drug-likeness (QED) is 0.423. The maximum atomic E-state index is 13.8. The highest BCUT2D eigenvalue weighted by atomic mass is 79.9. The molecule has 6 nitrogen and oxygen atoms in total. The highest BCUT2D eigenvalue weighted by Crippen LogP contribution is 2.28. The van der Waals surface area contributed by atoms with E-state index in [0.717, 1.165) is 21.0 Å². The Morgan fingerprint density at radius 3 is 2.44 bits per heavy atom. The van der Waals surface area contributed by atoms with Gasteiger partial charge in [0.2, 0.25) is 5.91 Å². The van der Waals surface area contributed by atoms with Gasteiger partial charge in [0.05, 0.1) is 19.2 Å². The van der Waals surface area contributed by atoms with Crippen LogP contribution >= 0.6 is 15.9 Å². The van der Waals surface area contributed by atoms with Gasteiger partial charge in [-0.15, -0.1) is 0 Å². The summed E-state index contributed by atoms with van der Waals surface area (Å²) in [7, 11) is 1.58. The molecule has 3 aromatic rings. The second-order valence-corrected chi connectivity index (χ2v) is 8.79. The predicted molar refractivity (Wildman–Crippen MR) is 129 cm³/mol. The van der Waals surface area contributed by atoms with Crippen LogP contribution in [-0.2, 0) is 16.0 Å². The molecule has 1 aliphatic rings. The summed E-state index contributed by atoms with van der Waals surface area (Å²) in [5, 5.41) is 0. The van der Waals surface area contributed by atoms with Gasteiger partial charge in [-0.3, -0.25) is 14.4 Å². The van der Waals surface area contributed by atoms with E-state index in [1.54, 1.807) is 31.4 Å². The van der Waals surface area contributed by atoms with E-state index >= 15 is 0 Å². The fourth-order valence-electron chi connectivity index (χ4n) is 3.95. The number of benzene rings is 3. The molecule has 1 atom stereocenters. The summed E-state index contributed by atoms with van der Waals surface area (Å²) in [6.07, 6.45) is 0.305. The van der Waals surface area contributed by atoms with Gasteiger partial charge in [-0.1, -0.05) is 34.1 Å². The molecule has 34 heavy (non-hydrogen) atoms. The molecule has 0 aromatic heterocycles. The largest absolute Gasteiger partial charge is 0.497 e. The molecule has 1 saturated heterocycles. The molecular weight excluding hydrogens is 503 g/mol. The third-order valence-corrected chi connectivity index (χ3v) is 6.25. The van der Waals surface area contributed by atoms with Gasteiger partial charge in [-0.2, -0.15) is 0 Å². The van der Waals surface area contributed by atoms with Crippen LogP contribution in [0.5, 0.6) is 5.75 Å². The minimum absolute atomic E-state index is 0.122. The van der Waals surface area contributed by atoms with E-state index in [1.165, 1.54) is 23.1 Å². The number of halogens is 2. The average molecular weight is 525 g/mol. The second-order valence-electron chi connectivity index (χ2n) is 7.87. The van der Waals surface area contributed by atoms with Crippen LogP contribution in [0.4, 0.5) is 10.1 Å². The van der Waals surface area contributed by atoms with Crippen molar-refractivity contribution in [3.8, 4) is 5.75 Å². The van der Waals surface area contributed by atoms with E-state index in [2.05, 4.69) is 15.9 Å². The molecule has 174 valence electrons. The summed E-state index contributed by atoms with van der Waals surface area (Å²) in [4.78, 5) is 42.1. The molecule has 1 aliphatic heterocycles. The van der Waals surface area contributed by atoms with Crippen molar-refractivity contribution >= 4 is 39.3 Å². The molecule has 0 saturated carbocycles. The lowest BCUT2D eigenvalue weighted by atomic mass is 10.1. The number of imide groups is 1. The van der Waals surface area contributed by atoms with Gasteiger partial charge < -0.3 is 9.64 Å². The Kier molecular flexibility index (Phi) is 7.07. The van der Waals surface area contributed by atoms with Crippen LogP contribution in [0, 0.1) is 5.82 Å². The van der Waals surface area contributed by atoms with Crippen molar-refractivity contribution in [2.45, 2.75) is 18.9 Å². The average Bonchev–Trinajstić information content (AvgIpc) is 3.13. The van der Waals surface area contributed by atoms with Crippen molar-refractivity contribution in [3.63, 3.8) is 0 Å². The zero-order valence-electron chi connectivity index (χ0n) is 18.4. The number of ether oxygens (including phenoxy) is 1. The second kappa shape index (κ2) is 10.2. The Labute approximate surface area is 205 Å². The summed E-state index contributed by atoms with van der Waals surface area (Å²) in [5.74, 6) is -1.22. The number of methoxy groups -OCH3 is 1. The molecule has 0 aliphatic carbocycles. The van der Waals surface area contributed by atoms with Crippen LogP contribution in [-0.4, -0.2) is 42.3 Å². The zero-order chi connectivity index (χ0) is 24.2. The minimum atomic E-state index is -0.981. The molecule has 3 amide bonds. The van der Waals surface area contributed by atoms with Gasteiger partial charge >= 0.3 is 0 Å². The Morgan fingerprint density at radius 1 is 1.09 bits per heavy atom. The first kappa shape index (κ1) is 23.6. The lowest BCUT2D eigenvalue weighted by Gasteiger charge is -2.28. The minimum Gasteiger partial charge on any atom is -0.497 e. The van der Waals surface area contributed by atoms with Gasteiger partial charge in [0.1, 0.15) is 17.6 Å². The van der Waals surface area contributed by atoms with Crippen LogP contribution in [0.25, 0.3) is 0 Å². The standard InChI is InChI=1S/C26H22BrFN2O4/c1-34-22-11-5-17(6-12-22)13-14-29(25(32)18-3-2-4-20(28)15-18)23-16-24(31)30(26(23)33)21-9-7-19(27)8-10-21/h2-12,15,23H,13-14,16H2,1H3/t23-/m0/s1. The van der Waals surface area contributed by atoms with E-state index in [0.29, 0.717) is 17.9 Å². The smallest absolute Gasteiger partial charge is 0.257 e. The molecule has 3 aromatic carbocycles. The Bertz CT molecular complexity index is 1210. The van der Waals surface area contributed by atoms with Gasteiger partial charge in [0, 0.05) is 16.6 Å². The van der Waals surface area contributed by atoms with E-state index < -0.39 is 23.7 Å². The van der Waals surface area contributed by atoms with Crippen LogP contribution in [0.3, 0.4) is 0 Å². The number of hydrogen-bond acceptors (Lipinski definition) is 4. The molecule has 0 spiro atoms. The topological polar surface area (TPSA) is 66.9 Å². The van der Waals surface area contributed by atoms with E-state index in [1.807, 2.05) is 24.3 Å². The van der Waals surface area contributed by atoms with Gasteiger partial charge in [0.25, 0.3) is 11.8 Å². The first-order valence-electron chi connectivity index (χ1n) is 10.7. The van der Waals surface area contributed by atoms with Crippen molar-refractivity contribution in [3.05, 3.63) is 94.2 Å². The first-order chi connectivity index (χ1) is 16.4. The Balaban J connectivity index is 1.62. The molecule has 0 N–H and O–H groups in total. The summed E-state index contributed by atoms with van der Waals surface area (Å²) in [6, 6.07) is 18.5. The number of anilines is 1. The van der Waals surface area contributed by atoms with Crippen molar-refractivity contribution in [2.24, 2.45) is 0 Å². The number of carbonyl (C=O) groups is 3. The summed E-state index contributed by atoms with van der Waals surface area (Å²) in [6.45, 7) is 0.180. The van der Waals surface area contributed by atoms with Crippen LogP contribution in [0.2, 0.25) is 0 Å². The Morgan fingerprint density at radius 2 is 1.79 bits per heavy atom. The van der Waals surface area contributed by atoms with Crippen LogP contribution in [0.15, 0.2) is 77.3 Å². The summed E-state index contributed by atoms with van der Waals surface area (Å²) in [5.41, 5.74) is 1.49. The van der Waals surface area contributed by atoms with Crippen molar-refractivity contribution in [1.82, 2.24) is 4.90 Å². The molecule has 1 fully saturated rings. The molecule has 0 bridgehead atoms. The molecular formula is C26H22BrFN2O4. The third-order valence-electron chi connectivity index (χ3n) is 5.72. The number of hydrogen-bond donors (Lipinski definition) is 0. The van der Waals surface area contributed by atoms with Gasteiger partial charge in [0.15, 0.2) is 0 Å². The number of carbonyl (C=O) groups excluding carboxylic acids is 3. The van der Waals surface area contributed by atoms with E-state index in [9.17, 15) is 18.8 Å². The fraction of sp³-hybridized carbons (Fsp3) is 0.192. The van der Waals surface area contributed by atoms with E-state index in [4.69, 9.17) is 4.74 Å². The molecule has 8 heteroatoms. The van der Waals surface area contributed by atoms with Gasteiger partial charge in [-0.05, 0) is 66.6 Å². The maximum absolute atomic E-state index is 13.8. The van der Waals surface area contributed by atoms with Gasteiger partial charge in [-0.25, -0.2) is 9.29 Å². The molecule has 4 rings (SSSR count). The number of rotatable bonds is 7. The molecule has 1 heterocycles. The number of nitrogens with zero attached hydrogens (tertiary/aromatic N) is 2. The fourth-order valence-corrected chi connectivity index (χ4v) is 4.21. The SMILES string of the molecule is COc1ccc(CCN(C(=O)c2cccc(F)c2)[C@H]2CC(=O)N(c3ccc(Br)cc3)C2=O)cc1. The first-order valence-corrected chi connectivity index (χ1v) is 11.5. The molecule has 0 unspecified atom stereocenters. The zero-order valence-corrected chi connectivity index (χ0v) is 20.0. The Hall–Kier alpha value is -3.52. The highest BCUT2D eigenvalue weighted by Gasteiger charge is 2.44. The van der Waals surface area contributed by atoms with Crippen LogP contribution < -0.4 is 9.64 Å². The third kappa shape index (κ3) is 5.02. The molecule has 0 radical (unpaired) electrons. The van der Waals surface area contributed by atoms with Crippen molar-refractivity contribution in [1.29, 1.82) is 0 Å². The maximum Gasteiger partial charge on any atom is 0.257 e. The van der Waals surface area contributed by atoms with Crippen molar-refractivity contribution < 1.29 is 23.5 Å². The normalized spacial score (nSPS) is 15.5. The van der Waals surface area contributed by atoms with E-state index in [-0.39, 0.29) is 24.4 Å². The number of amides is 3.